The van der Waals surface area contributed by atoms with Crippen molar-refractivity contribution in [2.24, 2.45) is 0 Å². The smallest absolute Gasteiger partial charge is 0.168 e. The van der Waals surface area contributed by atoms with Crippen LogP contribution in [0, 0.1) is 0 Å². The second-order valence-electron chi connectivity index (χ2n) is 14.0. The zero-order chi connectivity index (χ0) is 28.8. The Morgan fingerprint density at radius 2 is 1.26 bits per heavy atom. The van der Waals surface area contributed by atoms with Crippen molar-refractivity contribution in [1.29, 1.82) is 0 Å². The molecule has 0 aromatic heterocycles. The molecule has 2 rings (SSSR count). The summed E-state index contributed by atoms with van der Waals surface area (Å²) < 4.78 is 13.4. The lowest BCUT2D eigenvalue weighted by Gasteiger charge is -2.38. The molecule has 0 aliphatic rings. The number of allylic oxidation sites excluding steroid dienone is 2. The van der Waals surface area contributed by atoms with Crippen LogP contribution < -0.4 is 0 Å². The number of carbonyl (C=O) groups is 1. The third-order valence-electron chi connectivity index (χ3n) is 6.76. The van der Waals surface area contributed by atoms with E-state index in [2.05, 4.69) is 119 Å². The van der Waals surface area contributed by atoms with Gasteiger partial charge in [0.15, 0.2) is 19.5 Å². The van der Waals surface area contributed by atoms with Gasteiger partial charge in [-0.1, -0.05) is 90.9 Å². The first-order valence-corrected chi connectivity index (χ1v) is 16.7. The van der Waals surface area contributed by atoms with Crippen LogP contribution in [0.5, 0.6) is 0 Å². The molecule has 38 heavy (non-hydrogen) atoms. The van der Waals surface area contributed by atoms with Gasteiger partial charge in [-0.2, -0.15) is 0 Å². The number of aryl methyl sites for hydroxylation is 2. The van der Waals surface area contributed by atoms with Crippen molar-refractivity contribution in [3.8, 4) is 0 Å². The van der Waals surface area contributed by atoms with Crippen LogP contribution in [-0.2, 0) is 37.7 Å². The van der Waals surface area contributed by atoms with Gasteiger partial charge in [0.05, 0.1) is 11.2 Å². The Morgan fingerprint density at radius 3 is 1.76 bits per heavy atom. The van der Waals surface area contributed by atoms with Crippen molar-refractivity contribution in [3.05, 3.63) is 76.4 Å². The number of hydrogen-bond donors (Lipinski definition) is 0. The fourth-order valence-electron chi connectivity index (χ4n) is 4.43. The van der Waals surface area contributed by atoms with Crippen molar-refractivity contribution in [1.82, 2.24) is 0 Å². The van der Waals surface area contributed by atoms with E-state index in [1.54, 1.807) is 6.08 Å². The predicted octanol–water partition coefficient (Wildman–Crippen LogP) is 7.57. The first-order chi connectivity index (χ1) is 17.5. The number of hydrogen-bond acceptors (Lipinski definition) is 3. The van der Waals surface area contributed by atoms with Gasteiger partial charge in [-0.05, 0) is 96.5 Å². The Balaban J connectivity index is 2.40. The minimum atomic E-state index is -0.739. The molecule has 0 amide bonds. The van der Waals surface area contributed by atoms with Crippen LogP contribution in [0.1, 0.15) is 110 Å². The van der Waals surface area contributed by atoms with Crippen LogP contribution in [0.3, 0.4) is 0 Å². The minimum Gasteiger partial charge on any atom is -0.415 e. The van der Waals surface area contributed by atoms with E-state index in [0.717, 1.165) is 36.7 Å². The summed E-state index contributed by atoms with van der Waals surface area (Å²) >= 11 is 0. The van der Waals surface area contributed by atoms with Gasteiger partial charge in [0.2, 0.25) is 0 Å². The van der Waals surface area contributed by atoms with Gasteiger partial charge in [0, 0.05) is 0 Å². The Hall–Kier alpha value is -1.80. The first kappa shape index (κ1) is 32.4. The number of benzene rings is 2. The van der Waals surface area contributed by atoms with Crippen LogP contribution in [0.2, 0.25) is 10.1 Å². The van der Waals surface area contributed by atoms with E-state index in [1.807, 2.05) is 0 Å². The van der Waals surface area contributed by atoms with Crippen LogP contribution >= 0.6 is 0 Å². The maximum atomic E-state index is 11.1. The maximum Gasteiger partial charge on any atom is 0.168 e. The number of aldehydes is 1. The Bertz CT molecular complexity index is 1100. The lowest BCUT2D eigenvalue weighted by atomic mass is 9.84. The van der Waals surface area contributed by atoms with Crippen LogP contribution in [-0.4, -0.2) is 25.8 Å². The molecule has 0 N–H and O–H groups in total. The van der Waals surface area contributed by atoms with Crippen LogP contribution in [0.4, 0.5) is 0 Å². The molecule has 0 saturated carbocycles. The summed E-state index contributed by atoms with van der Waals surface area (Å²) in [5.41, 5.74) is 6.54. The van der Waals surface area contributed by atoms with Crippen molar-refractivity contribution in [2.75, 3.05) is 0 Å². The van der Waals surface area contributed by atoms with Crippen LogP contribution in [0.25, 0.3) is 5.57 Å². The summed E-state index contributed by atoms with van der Waals surface area (Å²) in [7, 11) is -1.46. The van der Waals surface area contributed by atoms with Crippen LogP contribution in [0.15, 0.2) is 48.5 Å². The minimum absolute atomic E-state index is 0.223. The molecule has 2 aromatic carbocycles. The third-order valence-corrected chi connectivity index (χ3v) is 10.2. The topological polar surface area (TPSA) is 35.5 Å². The molecule has 0 saturated heterocycles. The van der Waals surface area contributed by atoms with Crippen molar-refractivity contribution >= 4 is 31.4 Å². The molecular weight excluding hydrogens is 501 g/mol. The molecule has 0 unspecified atom stereocenters. The molecule has 210 valence electrons. The maximum absolute atomic E-state index is 11.1. The lowest BCUT2D eigenvalue weighted by Crippen LogP contribution is -2.34. The second kappa shape index (κ2) is 13.0. The molecule has 0 aliphatic carbocycles. The van der Waals surface area contributed by atoms with Gasteiger partial charge < -0.3 is 8.85 Å². The summed E-state index contributed by atoms with van der Waals surface area (Å²) in [6.45, 7) is 24.6. The second-order valence-corrected chi connectivity index (χ2v) is 19.4. The Morgan fingerprint density at radius 1 is 0.737 bits per heavy atom. The van der Waals surface area contributed by atoms with Gasteiger partial charge >= 0.3 is 0 Å². The Kier molecular flexibility index (Phi) is 11.1. The molecule has 0 radical (unpaired) electrons. The summed E-state index contributed by atoms with van der Waals surface area (Å²) in [6.07, 6.45) is 5.30. The highest BCUT2D eigenvalue weighted by atomic mass is 28.2. The highest BCUT2D eigenvalue weighted by Crippen LogP contribution is 2.39. The zero-order valence-electron chi connectivity index (χ0n) is 26.0. The molecule has 0 atom stereocenters. The normalized spacial score (nSPS) is 14.2. The summed E-state index contributed by atoms with van der Waals surface area (Å²) in [5.74, 6) is 0. The SMILES string of the molecule is CCC(=CC=O)c1cccc(CCc2ccc(C(C)(C)O[SiH2]C(C)(C)C)c(C(C)(C)O[SiH2]C(C)(C)C)c2)c1. The van der Waals surface area contributed by atoms with Gasteiger partial charge in [-0.15, -0.1) is 0 Å². The summed E-state index contributed by atoms with van der Waals surface area (Å²) in [5, 5.41) is 0.455. The van der Waals surface area contributed by atoms with Crippen molar-refractivity contribution in [3.63, 3.8) is 0 Å². The molecule has 3 nitrogen and oxygen atoms in total. The van der Waals surface area contributed by atoms with E-state index >= 15 is 0 Å². The van der Waals surface area contributed by atoms with Gasteiger partial charge in [0.25, 0.3) is 0 Å². The molecule has 0 spiro atoms. The highest BCUT2D eigenvalue weighted by molar-refractivity contribution is 6.32. The molecule has 0 heterocycles. The molecule has 0 bridgehead atoms. The van der Waals surface area contributed by atoms with Gasteiger partial charge in [0.1, 0.15) is 6.29 Å². The number of rotatable bonds is 12. The standard InChI is InChI=1S/C33H52O3Si2/c1-12-26(20-21-34)27-15-13-14-24(22-27)16-17-25-18-19-28(32(8,9)35-37-30(2,3)4)29(23-25)33(10,11)36-38-31(5,6)7/h13-15,18-23H,12,16-17,37-38H2,1-11H3. The monoisotopic (exact) mass is 552 g/mol. The molecule has 0 fully saturated rings. The largest absolute Gasteiger partial charge is 0.415 e. The lowest BCUT2D eigenvalue weighted by molar-refractivity contribution is -0.104. The summed E-state index contributed by atoms with van der Waals surface area (Å²) in [6, 6.07) is 15.5. The summed E-state index contributed by atoms with van der Waals surface area (Å²) in [4.78, 5) is 11.1. The van der Waals surface area contributed by atoms with E-state index in [0.29, 0.717) is 0 Å². The van der Waals surface area contributed by atoms with E-state index in [4.69, 9.17) is 8.85 Å². The first-order valence-electron chi connectivity index (χ1n) is 14.1. The van der Waals surface area contributed by atoms with E-state index in [9.17, 15) is 4.79 Å². The Labute approximate surface area is 237 Å². The zero-order valence-corrected chi connectivity index (χ0v) is 28.8. The predicted molar refractivity (Wildman–Crippen MR) is 169 cm³/mol. The van der Waals surface area contributed by atoms with Crippen molar-refractivity contribution < 1.29 is 13.6 Å². The van der Waals surface area contributed by atoms with Gasteiger partial charge in [-0.3, -0.25) is 4.79 Å². The average molecular weight is 553 g/mol. The molecular formula is C33H52O3Si2. The number of carbonyl (C=O) groups excluding carboxylic acids is 1. The fourth-order valence-corrected chi connectivity index (χ4v) is 6.33. The highest BCUT2D eigenvalue weighted by Gasteiger charge is 2.33. The van der Waals surface area contributed by atoms with E-state index in [1.165, 1.54) is 22.3 Å². The molecule has 2 aromatic rings. The molecule has 0 aliphatic heterocycles. The fraction of sp³-hybridized carbons (Fsp3) is 0.545. The third kappa shape index (κ3) is 10.1. The van der Waals surface area contributed by atoms with E-state index < -0.39 is 19.5 Å². The van der Waals surface area contributed by atoms with E-state index in [-0.39, 0.29) is 21.3 Å². The molecule has 5 heteroatoms. The van der Waals surface area contributed by atoms with Crippen molar-refractivity contribution in [2.45, 2.75) is 117 Å². The van der Waals surface area contributed by atoms with Gasteiger partial charge in [-0.25, -0.2) is 0 Å². The average Bonchev–Trinajstić information content (AvgIpc) is 2.83. The quantitative estimate of drug-likeness (QED) is 0.155.